The summed E-state index contributed by atoms with van der Waals surface area (Å²) >= 11 is 0. The van der Waals surface area contributed by atoms with Crippen LogP contribution in [0.1, 0.15) is 43.5 Å². The first kappa shape index (κ1) is 13.8. The molecule has 3 nitrogen and oxygen atoms in total. The van der Waals surface area contributed by atoms with Crippen molar-refractivity contribution in [3.8, 4) is 0 Å². The maximum Gasteiger partial charge on any atom is 0.340 e. The lowest BCUT2D eigenvalue weighted by atomic mass is 9.82. The summed E-state index contributed by atoms with van der Waals surface area (Å²) in [6, 6.07) is 4.20. The quantitative estimate of drug-likeness (QED) is 0.658. The van der Waals surface area contributed by atoms with Crippen molar-refractivity contribution in [2.75, 3.05) is 5.73 Å². The van der Waals surface area contributed by atoms with Gasteiger partial charge in [0.1, 0.15) is 11.9 Å². The molecule has 0 bridgehead atoms. The molecule has 1 saturated carbocycles. The van der Waals surface area contributed by atoms with Crippen LogP contribution >= 0.6 is 0 Å². The summed E-state index contributed by atoms with van der Waals surface area (Å²) in [5.74, 6) is -0.0130. The van der Waals surface area contributed by atoms with Crippen molar-refractivity contribution in [2.24, 2.45) is 11.8 Å². The number of hydrogen-bond acceptors (Lipinski definition) is 3. The molecule has 0 radical (unpaired) electrons. The van der Waals surface area contributed by atoms with Gasteiger partial charge >= 0.3 is 5.97 Å². The molecule has 0 spiro atoms. The van der Waals surface area contributed by atoms with Crippen LogP contribution in [0.5, 0.6) is 0 Å². The van der Waals surface area contributed by atoms with Crippen molar-refractivity contribution in [1.29, 1.82) is 0 Å². The second kappa shape index (κ2) is 5.59. The van der Waals surface area contributed by atoms with Crippen LogP contribution in [-0.4, -0.2) is 12.1 Å². The third kappa shape index (κ3) is 3.25. The zero-order valence-corrected chi connectivity index (χ0v) is 11.4. The Morgan fingerprint density at radius 3 is 2.53 bits per heavy atom. The zero-order valence-electron chi connectivity index (χ0n) is 11.4. The van der Waals surface area contributed by atoms with Crippen LogP contribution in [0.3, 0.4) is 0 Å². The van der Waals surface area contributed by atoms with Crippen LogP contribution in [0.15, 0.2) is 18.2 Å². The Balaban J connectivity index is 2.06. The Morgan fingerprint density at radius 1 is 1.26 bits per heavy atom. The first-order valence-corrected chi connectivity index (χ1v) is 6.72. The Kier molecular flexibility index (Phi) is 4.08. The fraction of sp³-hybridized carbons (Fsp3) is 0.533. The first-order valence-electron chi connectivity index (χ1n) is 6.72. The topological polar surface area (TPSA) is 52.3 Å². The molecule has 2 rings (SSSR count). The number of esters is 1. The summed E-state index contributed by atoms with van der Waals surface area (Å²) in [4.78, 5) is 12.0. The van der Waals surface area contributed by atoms with Crippen molar-refractivity contribution >= 4 is 11.7 Å². The minimum absolute atomic E-state index is 0.0890. The molecular weight excluding hydrogens is 245 g/mol. The number of benzene rings is 1. The molecule has 1 aromatic carbocycles. The maximum atomic E-state index is 13.3. The van der Waals surface area contributed by atoms with Crippen molar-refractivity contribution < 1.29 is 13.9 Å². The lowest BCUT2D eigenvalue weighted by molar-refractivity contribution is 0.00813. The molecule has 1 fully saturated rings. The molecule has 0 aliphatic heterocycles. The molecule has 1 aliphatic rings. The van der Waals surface area contributed by atoms with E-state index in [1.165, 1.54) is 18.2 Å². The van der Waals surface area contributed by atoms with Gasteiger partial charge in [0.15, 0.2) is 0 Å². The molecule has 0 saturated heterocycles. The second-order valence-electron chi connectivity index (χ2n) is 5.65. The molecular formula is C15H20FNO2. The highest BCUT2D eigenvalue weighted by molar-refractivity contribution is 5.95. The summed E-state index contributed by atoms with van der Waals surface area (Å²) < 4.78 is 18.8. The molecule has 104 valence electrons. The predicted octanol–water partition coefficient (Wildman–Crippen LogP) is 3.39. The van der Waals surface area contributed by atoms with Gasteiger partial charge in [-0.05, 0) is 43.2 Å². The minimum Gasteiger partial charge on any atom is -0.459 e. The van der Waals surface area contributed by atoms with Gasteiger partial charge < -0.3 is 10.5 Å². The highest BCUT2D eigenvalue weighted by Gasteiger charge is 2.27. The number of para-hydroxylation sites is 1. The van der Waals surface area contributed by atoms with Gasteiger partial charge in [-0.25, -0.2) is 9.18 Å². The van der Waals surface area contributed by atoms with Crippen LogP contribution in [0, 0.1) is 17.7 Å². The fourth-order valence-electron chi connectivity index (χ4n) is 2.90. The highest BCUT2D eigenvalue weighted by Crippen LogP contribution is 2.31. The van der Waals surface area contributed by atoms with E-state index in [1.54, 1.807) is 0 Å². The third-order valence-electron chi connectivity index (χ3n) is 3.68. The normalized spacial score (nSPS) is 27.0. The van der Waals surface area contributed by atoms with Gasteiger partial charge in [-0.3, -0.25) is 0 Å². The lowest BCUT2D eigenvalue weighted by Crippen LogP contribution is -2.28. The monoisotopic (exact) mass is 265 g/mol. The summed E-state index contributed by atoms with van der Waals surface area (Å²) in [6.45, 7) is 4.32. The minimum atomic E-state index is -0.583. The van der Waals surface area contributed by atoms with Gasteiger partial charge in [0.05, 0.1) is 11.3 Å². The molecule has 4 heteroatoms. The molecule has 1 aromatic rings. The molecule has 2 atom stereocenters. The number of anilines is 1. The van der Waals surface area contributed by atoms with E-state index in [9.17, 15) is 9.18 Å². The summed E-state index contributed by atoms with van der Waals surface area (Å²) in [5, 5.41) is 0. The van der Waals surface area contributed by atoms with Crippen LogP contribution in [-0.2, 0) is 4.74 Å². The van der Waals surface area contributed by atoms with Crippen molar-refractivity contribution in [3.63, 3.8) is 0 Å². The van der Waals surface area contributed by atoms with E-state index in [2.05, 4.69) is 13.8 Å². The Morgan fingerprint density at radius 2 is 1.89 bits per heavy atom. The molecule has 19 heavy (non-hydrogen) atoms. The SMILES string of the molecule is CC1CC(C)CC(OC(=O)c2cccc(F)c2N)C1. The van der Waals surface area contributed by atoms with E-state index in [0.29, 0.717) is 11.8 Å². The van der Waals surface area contributed by atoms with E-state index in [1.807, 2.05) is 0 Å². The Bertz CT molecular complexity index is 465. The van der Waals surface area contributed by atoms with E-state index in [4.69, 9.17) is 10.5 Å². The maximum absolute atomic E-state index is 13.3. The van der Waals surface area contributed by atoms with Crippen LogP contribution < -0.4 is 5.73 Å². The predicted molar refractivity (Wildman–Crippen MR) is 72.2 cm³/mol. The van der Waals surface area contributed by atoms with Crippen molar-refractivity contribution in [3.05, 3.63) is 29.6 Å². The van der Waals surface area contributed by atoms with Gasteiger partial charge in [0.2, 0.25) is 0 Å². The Hall–Kier alpha value is -1.58. The van der Waals surface area contributed by atoms with E-state index >= 15 is 0 Å². The van der Waals surface area contributed by atoms with Crippen LogP contribution in [0.4, 0.5) is 10.1 Å². The van der Waals surface area contributed by atoms with Gasteiger partial charge in [0.25, 0.3) is 0 Å². The number of carbonyl (C=O) groups excluding carboxylic acids is 1. The highest BCUT2D eigenvalue weighted by atomic mass is 19.1. The molecule has 0 heterocycles. The summed E-state index contributed by atoms with van der Waals surface area (Å²) in [5.41, 5.74) is 5.55. The average molecular weight is 265 g/mol. The average Bonchev–Trinajstić information content (AvgIpc) is 2.31. The van der Waals surface area contributed by atoms with Gasteiger partial charge in [-0.15, -0.1) is 0 Å². The molecule has 0 amide bonds. The third-order valence-corrected chi connectivity index (χ3v) is 3.68. The molecule has 1 aliphatic carbocycles. The molecule has 2 unspecified atom stereocenters. The number of ether oxygens (including phenoxy) is 1. The second-order valence-corrected chi connectivity index (χ2v) is 5.65. The van der Waals surface area contributed by atoms with Crippen LogP contribution in [0.2, 0.25) is 0 Å². The number of halogens is 1. The number of nitrogens with two attached hydrogens (primary N) is 1. The van der Waals surface area contributed by atoms with E-state index < -0.39 is 11.8 Å². The number of carbonyl (C=O) groups is 1. The Labute approximate surface area is 112 Å². The number of nitrogen functional groups attached to an aromatic ring is 1. The fourth-order valence-corrected chi connectivity index (χ4v) is 2.90. The van der Waals surface area contributed by atoms with E-state index in [0.717, 1.165) is 19.3 Å². The summed E-state index contributed by atoms with van der Waals surface area (Å²) in [7, 11) is 0. The smallest absolute Gasteiger partial charge is 0.340 e. The summed E-state index contributed by atoms with van der Waals surface area (Å²) in [6.07, 6.45) is 2.81. The van der Waals surface area contributed by atoms with E-state index in [-0.39, 0.29) is 17.4 Å². The zero-order chi connectivity index (χ0) is 14.0. The van der Waals surface area contributed by atoms with Crippen molar-refractivity contribution in [2.45, 2.75) is 39.2 Å². The number of hydrogen-bond donors (Lipinski definition) is 1. The lowest BCUT2D eigenvalue weighted by Gasteiger charge is -2.31. The molecule has 0 aromatic heterocycles. The van der Waals surface area contributed by atoms with Crippen LogP contribution in [0.25, 0.3) is 0 Å². The number of rotatable bonds is 2. The van der Waals surface area contributed by atoms with Crippen molar-refractivity contribution in [1.82, 2.24) is 0 Å². The van der Waals surface area contributed by atoms with Gasteiger partial charge in [-0.2, -0.15) is 0 Å². The first-order chi connectivity index (χ1) is 8.97. The largest absolute Gasteiger partial charge is 0.459 e. The van der Waals surface area contributed by atoms with Gasteiger partial charge in [-0.1, -0.05) is 19.9 Å². The molecule has 2 N–H and O–H groups in total. The van der Waals surface area contributed by atoms with Gasteiger partial charge in [0, 0.05) is 0 Å². The standard InChI is InChI=1S/C15H20FNO2/c1-9-6-10(2)8-11(7-9)19-15(18)12-4-3-5-13(16)14(12)17/h3-5,9-11H,6-8,17H2,1-2H3.